The molecule has 3 rings (SSSR count). The number of aromatic carboxylic acids is 1. The van der Waals surface area contributed by atoms with Gasteiger partial charge in [0.25, 0.3) is 0 Å². The summed E-state index contributed by atoms with van der Waals surface area (Å²) in [7, 11) is 3.77. The molecule has 2 heterocycles. The van der Waals surface area contributed by atoms with Crippen LogP contribution in [0, 0.1) is 0 Å². The zero-order chi connectivity index (χ0) is 15.1. The van der Waals surface area contributed by atoms with Crippen LogP contribution >= 0.6 is 0 Å². The molecule has 2 N–H and O–H groups in total. The van der Waals surface area contributed by atoms with Crippen LogP contribution in [-0.2, 0) is 7.05 Å². The maximum absolute atomic E-state index is 11.3. The standard InChI is InChI=1S/C16H18N2O3/c1-17-7-5-10(6-8-17)11-3-4-12-13(9-11)18(2)15(19)14(12)16(20)21/h3-5,9,19H,6-8H2,1-2H3,(H,20,21). The number of hydrogen-bond acceptors (Lipinski definition) is 3. The van der Waals surface area contributed by atoms with Gasteiger partial charge in [-0.15, -0.1) is 0 Å². The van der Waals surface area contributed by atoms with E-state index in [1.54, 1.807) is 13.1 Å². The first-order valence-electron chi connectivity index (χ1n) is 6.91. The van der Waals surface area contributed by atoms with E-state index < -0.39 is 5.97 Å². The fourth-order valence-electron chi connectivity index (χ4n) is 2.87. The first-order valence-corrected chi connectivity index (χ1v) is 6.91. The van der Waals surface area contributed by atoms with Gasteiger partial charge in [-0.3, -0.25) is 0 Å². The smallest absolute Gasteiger partial charge is 0.341 e. The Morgan fingerprint density at radius 1 is 1.29 bits per heavy atom. The van der Waals surface area contributed by atoms with E-state index in [0.717, 1.165) is 30.6 Å². The number of fused-ring (bicyclic) bond motifs is 1. The number of aromatic nitrogens is 1. The average Bonchev–Trinajstić information content (AvgIpc) is 2.71. The molecule has 0 saturated carbocycles. The third kappa shape index (κ3) is 2.19. The normalized spacial score (nSPS) is 16.2. The zero-order valence-electron chi connectivity index (χ0n) is 12.1. The molecule has 0 aliphatic carbocycles. The lowest BCUT2D eigenvalue weighted by molar-refractivity contribution is 0.0695. The third-order valence-electron chi connectivity index (χ3n) is 4.17. The summed E-state index contributed by atoms with van der Waals surface area (Å²) in [6.07, 6.45) is 3.18. The van der Waals surface area contributed by atoms with Crippen LogP contribution in [0.25, 0.3) is 16.5 Å². The van der Waals surface area contributed by atoms with Gasteiger partial charge in [0, 0.05) is 25.5 Å². The fraction of sp³-hybridized carbons (Fsp3) is 0.312. The number of nitrogens with zero attached hydrogens (tertiary/aromatic N) is 2. The van der Waals surface area contributed by atoms with E-state index in [1.165, 1.54) is 10.1 Å². The molecule has 1 aliphatic heterocycles. The molecule has 21 heavy (non-hydrogen) atoms. The second-order valence-electron chi connectivity index (χ2n) is 5.54. The summed E-state index contributed by atoms with van der Waals surface area (Å²) in [4.78, 5) is 13.5. The van der Waals surface area contributed by atoms with E-state index in [9.17, 15) is 15.0 Å². The molecule has 0 amide bonds. The van der Waals surface area contributed by atoms with Crippen molar-refractivity contribution in [1.82, 2.24) is 9.47 Å². The second kappa shape index (κ2) is 4.93. The van der Waals surface area contributed by atoms with Gasteiger partial charge >= 0.3 is 5.97 Å². The summed E-state index contributed by atoms with van der Waals surface area (Å²) in [5, 5.41) is 19.8. The zero-order valence-corrected chi connectivity index (χ0v) is 12.1. The Morgan fingerprint density at radius 3 is 2.67 bits per heavy atom. The molecule has 110 valence electrons. The van der Waals surface area contributed by atoms with Crippen molar-refractivity contribution in [2.24, 2.45) is 7.05 Å². The molecule has 0 radical (unpaired) electrons. The van der Waals surface area contributed by atoms with Crippen LogP contribution in [0.15, 0.2) is 24.3 Å². The summed E-state index contributed by atoms with van der Waals surface area (Å²) in [5.74, 6) is -1.31. The quantitative estimate of drug-likeness (QED) is 0.889. The van der Waals surface area contributed by atoms with Crippen LogP contribution in [-0.4, -0.2) is 45.8 Å². The van der Waals surface area contributed by atoms with Crippen molar-refractivity contribution in [3.63, 3.8) is 0 Å². The molecular formula is C16H18N2O3. The predicted octanol–water partition coefficient (Wildman–Crippen LogP) is 2.30. The number of aromatic hydroxyl groups is 1. The average molecular weight is 286 g/mol. The number of carboxylic acid groups (broad SMARTS) is 1. The lowest BCUT2D eigenvalue weighted by Gasteiger charge is -2.22. The van der Waals surface area contributed by atoms with Crippen LogP contribution in [0.3, 0.4) is 0 Å². The van der Waals surface area contributed by atoms with Crippen LogP contribution in [0.5, 0.6) is 5.88 Å². The van der Waals surface area contributed by atoms with E-state index in [1.807, 2.05) is 12.1 Å². The maximum atomic E-state index is 11.3. The van der Waals surface area contributed by atoms with Gasteiger partial charge in [0.1, 0.15) is 5.56 Å². The van der Waals surface area contributed by atoms with Crippen LogP contribution in [0.4, 0.5) is 0 Å². The van der Waals surface area contributed by atoms with E-state index in [-0.39, 0.29) is 11.4 Å². The molecule has 0 bridgehead atoms. The van der Waals surface area contributed by atoms with Crippen LogP contribution < -0.4 is 0 Å². The van der Waals surface area contributed by atoms with E-state index in [4.69, 9.17) is 0 Å². The van der Waals surface area contributed by atoms with Gasteiger partial charge in [-0.1, -0.05) is 18.2 Å². The number of carboxylic acids is 1. The number of benzene rings is 1. The molecule has 1 aromatic carbocycles. The van der Waals surface area contributed by atoms with Gasteiger partial charge in [-0.05, 0) is 30.7 Å². The molecule has 0 fully saturated rings. The highest BCUT2D eigenvalue weighted by molar-refractivity contribution is 6.06. The number of hydrogen-bond donors (Lipinski definition) is 2. The van der Waals surface area contributed by atoms with Crippen molar-refractivity contribution in [1.29, 1.82) is 0 Å². The number of aryl methyl sites for hydroxylation is 1. The number of likely N-dealkylation sites (N-methyl/N-ethyl adjacent to an activating group) is 1. The van der Waals surface area contributed by atoms with E-state index in [0.29, 0.717) is 5.39 Å². The highest BCUT2D eigenvalue weighted by atomic mass is 16.4. The SMILES string of the molecule is CN1CC=C(c2ccc3c(C(=O)O)c(O)n(C)c3c2)CC1. The topological polar surface area (TPSA) is 65.7 Å². The summed E-state index contributed by atoms with van der Waals surface area (Å²) in [6.45, 7) is 1.94. The lowest BCUT2D eigenvalue weighted by Crippen LogP contribution is -2.23. The van der Waals surface area contributed by atoms with Gasteiger partial charge in [0.15, 0.2) is 0 Å². The summed E-state index contributed by atoms with van der Waals surface area (Å²) >= 11 is 0. The highest BCUT2D eigenvalue weighted by Gasteiger charge is 2.21. The molecule has 0 spiro atoms. The van der Waals surface area contributed by atoms with Crippen LogP contribution in [0.2, 0.25) is 0 Å². The third-order valence-corrected chi connectivity index (χ3v) is 4.17. The Hall–Kier alpha value is -2.27. The van der Waals surface area contributed by atoms with Crippen LogP contribution in [0.1, 0.15) is 22.3 Å². The Bertz CT molecular complexity index is 758. The first-order chi connectivity index (χ1) is 9.99. The summed E-state index contributed by atoms with van der Waals surface area (Å²) in [5.41, 5.74) is 3.07. The van der Waals surface area contributed by atoms with Gasteiger partial charge < -0.3 is 19.7 Å². The van der Waals surface area contributed by atoms with E-state index in [2.05, 4.69) is 18.0 Å². The molecular weight excluding hydrogens is 268 g/mol. The Kier molecular flexibility index (Phi) is 3.22. The molecule has 0 saturated heterocycles. The second-order valence-corrected chi connectivity index (χ2v) is 5.54. The molecule has 0 unspecified atom stereocenters. The van der Waals surface area contributed by atoms with Crippen molar-refractivity contribution in [3.8, 4) is 5.88 Å². The Labute approximate surface area is 122 Å². The molecule has 5 heteroatoms. The Balaban J connectivity index is 2.13. The molecule has 2 aromatic rings. The van der Waals surface area contributed by atoms with Crippen molar-refractivity contribution in [3.05, 3.63) is 35.4 Å². The fourth-order valence-corrected chi connectivity index (χ4v) is 2.87. The minimum absolute atomic E-state index is 0.0311. The molecule has 1 aliphatic rings. The maximum Gasteiger partial charge on any atom is 0.341 e. The number of rotatable bonds is 2. The van der Waals surface area contributed by atoms with Crippen molar-refractivity contribution in [2.75, 3.05) is 20.1 Å². The highest BCUT2D eigenvalue weighted by Crippen LogP contribution is 2.33. The van der Waals surface area contributed by atoms with Crippen molar-refractivity contribution < 1.29 is 15.0 Å². The minimum atomic E-state index is -1.11. The molecule has 1 aromatic heterocycles. The van der Waals surface area contributed by atoms with E-state index >= 15 is 0 Å². The minimum Gasteiger partial charge on any atom is -0.494 e. The summed E-state index contributed by atoms with van der Waals surface area (Å²) < 4.78 is 1.53. The van der Waals surface area contributed by atoms with Crippen molar-refractivity contribution >= 4 is 22.4 Å². The molecule has 5 nitrogen and oxygen atoms in total. The predicted molar refractivity (Wildman–Crippen MR) is 81.6 cm³/mol. The van der Waals surface area contributed by atoms with Gasteiger partial charge in [-0.2, -0.15) is 0 Å². The van der Waals surface area contributed by atoms with Gasteiger partial charge in [0.2, 0.25) is 5.88 Å². The molecule has 0 atom stereocenters. The number of carbonyl (C=O) groups is 1. The van der Waals surface area contributed by atoms with Gasteiger partial charge in [-0.25, -0.2) is 4.79 Å². The Morgan fingerprint density at radius 2 is 2.05 bits per heavy atom. The summed E-state index contributed by atoms with van der Waals surface area (Å²) in [6, 6.07) is 5.68. The largest absolute Gasteiger partial charge is 0.494 e. The first kappa shape index (κ1) is 13.7. The lowest BCUT2D eigenvalue weighted by atomic mass is 9.98. The van der Waals surface area contributed by atoms with Gasteiger partial charge in [0.05, 0.1) is 5.52 Å². The monoisotopic (exact) mass is 286 g/mol. The van der Waals surface area contributed by atoms with Crippen molar-refractivity contribution in [2.45, 2.75) is 6.42 Å².